The van der Waals surface area contributed by atoms with Gasteiger partial charge in [0.1, 0.15) is 0 Å². The number of rotatable bonds is 4. The normalized spacial score (nSPS) is 32.9. The van der Waals surface area contributed by atoms with Gasteiger partial charge < -0.3 is 4.48 Å². The van der Waals surface area contributed by atoms with Crippen molar-refractivity contribution >= 4 is 5.78 Å². The third-order valence-electron chi connectivity index (χ3n) is 5.40. The molecule has 0 spiro atoms. The maximum absolute atomic E-state index is 12.3. The minimum Gasteiger partial charge on any atom is -0.325 e. The molecule has 1 aromatic carbocycles. The highest BCUT2D eigenvalue weighted by atomic mass is 16.1. The Morgan fingerprint density at radius 3 is 2.70 bits per heavy atom. The van der Waals surface area contributed by atoms with Crippen molar-refractivity contribution in [3.63, 3.8) is 0 Å². The van der Waals surface area contributed by atoms with E-state index in [1.165, 1.54) is 38.8 Å². The third-order valence-corrected chi connectivity index (χ3v) is 5.40. The van der Waals surface area contributed by atoms with Crippen molar-refractivity contribution in [2.45, 2.75) is 32.1 Å². The molecule has 1 saturated carbocycles. The summed E-state index contributed by atoms with van der Waals surface area (Å²) in [6.45, 7) is 3.57. The van der Waals surface area contributed by atoms with E-state index in [2.05, 4.69) is 7.05 Å². The molecule has 2 nitrogen and oxygen atoms in total. The molecule has 3 rings (SSSR count). The summed E-state index contributed by atoms with van der Waals surface area (Å²) in [5.74, 6) is 2.20. The van der Waals surface area contributed by atoms with Crippen molar-refractivity contribution in [3.8, 4) is 0 Å². The Kier molecular flexibility index (Phi) is 3.93. The molecule has 3 atom stereocenters. The molecule has 0 aromatic heterocycles. The number of hydrogen-bond acceptors (Lipinski definition) is 1. The maximum Gasteiger partial charge on any atom is 0.168 e. The van der Waals surface area contributed by atoms with E-state index in [-0.39, 0.29) is 0 Å². The highest BCUT2D eigenvalue weighted by molar-refractivity contribution is 5.96. The first-order chi connectivity index (χ1) is 9.65. The molecule has 1 aromatic rings. The van der Waals surface area contributed by atoms with Crippen molar-refractivity contribution in [2.75, 3.05) is 26.7 Å². The van der Waals surface area contributed by atoms with Crippen LogP contribution in [0, 0.1) is 11.8 Å². The van der Waals surface area contributed by atoms with Crippen LogP contribution in [-0.4, -0.2) is 36.9 Å². The van der Waals surface area contributed by atoms with Crippen molar-refractivity contribution < 1.29 is 9.28 Å². The highest BCUT2D eigenvalue weighted by Gasteiger charge is 2.37. The second-order valence-electron chi connectivity index (χ2n) is 7.12. The molecule has 2 heteroatoms. The molecular weight excluding hydrogens is 246 g/mol. The van der Waals surface area contributed by atoms with Crippen LogP contribution in [0.25, 0.3) is 0 Å². The zero-order chi connectivity index (χ0) is 14.0. The fourth-order valence-corrected chi connectivity index (χ4v) is 4.16. The van der Waals surface area contributed by atoms with Crippen molar-refractivity contribution in [1.29, 1.82) is 0 Å². The van der Waals surface area contributed by atoms with Gasteiger partial charge in [-0.25, -0.2) is 0 Å². The quantitative estimate of drug-likeness (QED) is 0.605. The molecule has 1 unspecified atom stereocenters. The van der Waals surface area contributed by atoms with Crippen molar-refractivity contribution in [1.82, 2.24) is 0 Å². The number of hydrogen-bond donors (Lipinski definition) is 0. The van der Waals surface area contributed by atoms with Gasteiger partial charge in [0, 0.05) is 11.5 Å². The number of carbonyl (C=O) groups excluding carboxylic acids is 1. The van der Waals surface area contributed by atoms with Gasteiger partial charge in [-0.2, -0.15) is 0 Å². The van der Waals surface area contributed by atoms with Crippen LogP contribution >= 0.6 is 0 Å². The number of likely N-dealkylation sites (tertiary alicyclic amines) is 1. The van der Waals surface area contributed by atoms with Gasteiger partial charge in [-0.3, -0.25) is 4.79 Å². The van der Waals surface area contributed by atoms with E-state index in [1.807, 2.05) is 30.3 Å². The molecule has 1 aliphatic heterocycles. The molecule has 0 amide bonds. The molecule has 0 N–H and O–H groups in total. The van der Waals surface area contributed by atoms with Gasteiger partial charge in [0.2, 0.25) is 0 Å². The van der Waals surface area contributed by atoms with Gasteiger partial charge >= 0.3 is 0 Å². The summed E-state index contributed by atoms with van der Waals surface area (Å²) in [6, 6.07) is 9.75. The summed E-state index contributed by atoms with van der Waals surface area (Å²) < 4.78 is 1.11. The van der Waals surface area contributed by atoms with E-state index < -0.39 is 0 Å². The van der Waals surface area contributed by atoms with Crippen LogP contribution in [0.5, 0.6) is 0 Å². The predicted octanol–water partition coefficient (Wildman–Crippen LogP) is 3.53. The van der Waals surface area contributed by atoms with E-state index in [0.717, 1.165) is 28.4 Å². The lowest BCUT2D eigenvalue weighted by Gasteiger charge is -2.36. The minimum atomic E-state index is 0.305. The molecule has 1 saturated heterocycles. The molecule has 0 radical (unpaired) electrons. The molecule has 2 fully saturated rings. The van der Waals surface area contributed by atoms with Crippen LogP contribution in [-0.2, 0) is 0 Å². The van der Waals surface area contributed by atoms with E-state index in [4.69, 9.17) is 0 Å². The van der Waals surface area contributed by atoms with E-state index >= 15 is 0 Å². The maximum atomic E-state index is 12.3. The summed E-state index contributed by atoms with van der Waals surface area (Å²) in [5.41, 5.74) is 0.871. The summed E-state index contributed by atoms with van der Waals surface area (Å²) in [6.07, 6.45) is 6.38. The first kappa shape index (κ1) is 13.8. The summed E-state index contributed by atoms with van der Waals surface area (Å²) >= 11 is 0. The van der Waals surface area contributed by atoms with E-state index in [1.54, 1.807) is 0 Å². The first-order valence-electron chi connectivity index (χ1n) is 8.06. The number of quaternary nitrogens is 1. The van der Waals surface area contributed by atoms with Gasteiger partial charge in [0.15, 0.2) is 5.78 Å². The van der Waals surface area contributed by atoms with Crippen LogP contribution in [0.3, 0.4) is 0 Å². The van der Waals surface area contributed by atoms with Crippen LogP contribution in [0.4, 0.5) is 0 Å². The molecule has 1 aliphatic carbocycles. The largest absolute Gasteiger partial charge is 0.325 e. The zero-order valence-electron chi connectivity index (χ0n) is 12.6. The van der Waals surface area contributed by atoms with Crippen LogP contribution in [0.2, 0.25) is 0 Å². The molecule has 2 bridgehead atoms. The summed E-state index contributed by atoms with van der Waals surface area (Å²) in [4.78, 5) is 12.3. The average molecular weight is 272 g/mol. The number of carbonyl (C=O) groups is 1. The minimum absolute atomic E-state index is 0.305. The van der Waals surface area contributed by atoms with Gasteiger partial charge in [0.05, 0.1) is 33.1 Å². The highest BCUT2D eigenvalue weighted by Crippen LogP contribution is 2.38. The zero-order valence-corrected chi connectivity index (χ0v) is 12.6. The Balaban J connectivity index is 1.58. The van der Waals surface area contributed by atoms with Gasteiger partial charge in [-0.05, 0) is 31.6 Å². The fraction of sp³-hybridized carbons (Fsp3) is 0.611. The van der Waals surface area contributed by atoms with Crippen molar-refractivity contribution in [3.05, 3.63) is 35.9 Å². The summed E-state index contributed by atoms with van der Waals surface area (Å²) in [5, 5.41) is 0. The SMILES string of the molecule is C[N+]1(CCC(=O)c2ccccc2)CC[C@H]2CC[C@@H](C2)C1. The Morgan fingerprint density at radius 1 is 1.15 bits per heavy atom. The second-order valence-corrected chi connectivity index (χ2v) is 7.12. The molecule has 1 heterocycles. The Bertz CT molecular complexity index is 470. The third kappa shape index (κ3) is 3.12. The van der Waals surface area contributed by atoms with Gasteiger partial charge in [-0.1, -0.05) is 30.3 Å². The Hall–Kier alpha value is -1.15. The lowest BCUT2D eigenvalue weighted by Crippen LogP contribution is -2.48. The van der Waals surface area contributed by atoms with Crippen molar-refractivity contribution in [2.24, 2.45) is 11.8 Å². The summed E-state index contributed by atoms with van der Waals surface area (Å²) in [7, 11) is 2.36. The molecule has 2 aliphatic rings. The van der Waals surface area contributed by atoms with E-state index in [9.17, 15) is 4.79 Å². The topological polar surface area (TPSA) is 17.1 Å². The van der Waals surface area contributed by atoms with Crippen LogP contribution in [0.15, 0.2) is 30.3 Å². The molecular formula is C18H26NO+. The van der Waals surface area contributed by atoms with Gasteiger partial charge in [-0.15, -0.1) is 0 Å². The number of benzene rings is 1. The number of ketones is 1. The fourth-order valence-electron chi connectivity index (χ4n) is 4.16. The van der Waals surface area contributed by atoms with Gasteiger partial charge in [0.25, 0.3) is 0 Å². The lowest BCUT2D eigenvalue weighted by atomic mass is 10.0. The smallest absolute Gasteiger partial charge is 0.168 e. The Labute approximate surface area is 122 Å². The number of Topliss-reactive ketones (excluding diaryl/α,β-unsaturated/α-hetero) is 1. The number of nitrogens with zero attached hydrogens (tertiary/aromatic N) is 1. The average Bonchev–Trinajstić information content (AvgIpc) is 2.83. The molecule has 108 valence electrons. The Morgan fingerprint density at radius 2 is 1.90 bits per heavy atom. The first-order valence-corrected chi connectivity index (χ1v) is 8.06. The standard InChI is InChI=1S/C18H26NO/c1-19(11-9-15-7-8-16(13-15)14-19)12-10-18(20)17-5-3-2-4-6-17/h2-6,15-16H,7-14H2,1H3/q+1/t15-,16+,19?/m1/s1. The monoisotopic (exact) mass is 272 g/mol. The molecule has 20 heavy (non-hydrogen) atoms. The van der Waals surface area contributed by atoms with Crippen LogP contribution < -0.4 is 0 Å². The lowest BCUT2D eigenvalue weighted by molar-refractivity contribution is -0.911. The second kappa shape index (κ2) is 5.69. The number of fused-ring (bicyclic) bond motifs is 2. The van der Waals surface area contributed by atoms with E-state index in [0.29, 0.717) is 12.2 Å². The predicted molar refractivity (Wildman–Crippen MR) is 81.6 cm³/mol. The van der Waals surface area contributed by atoms with Crippen LogP contribution in [0.1, 0.15) is 42.5 Å².